The third kappa shape index (κ3) is 8.93. The van der Waals surface area contributed by atoms with Gasteiger partial charge in [-0.1, -0.05) is 41.5 Å². The van der Waals surface area contributed by atoms with Gasteiger partial charge in [0.05, 0.1) is 24.3 Å². The summed E-state index contributed by atoms with van der Waals surface area (Å²) in [6.07, 6.45) is 0. The van der Waals surface area contributed by atoms with Crippen molar-refractivity contribution in [1.29, 1.82) is 0 Å². The van der Waals surface area contributed by atoms with Gasteiger partial charge in [-0.05, 0) is 29.0 Å². The molecule has 0 atom stereocenters. The fourth-order valence-electron chi connectivity index (χ4n) is 1.76. The van der Waals surface area contributed by atoms with E-state index in [9.17, 15) is 22.6 Å². The molecule has 1 aromatic carbocycles. The molecule has 0 radical (unpaired) electrons. The van der Waals surface area contributed by atoms with E-state index in [2.05, 4.69) is 0 Å². The summed E-state index contributed by atoms with van der Waals surface area (Å²) in [6, 6.07) is 3.29. The van der Waals surface area contributed by atoms with E-state index in [1.807, 2.05) is 41.5 Å². The van der Waals surface area contributed by atoms with Crippen LogP contribution in [0.15, 0.2) is 23.1 Å². The van der Waals surface area contributed by atoms with Gasteiger partial charge in [0.2, 0.25) is 0 Å². The van der Waals surface area contributed by atoms with Crippen LogP contribution in [0.5, 0.6) is 0 Å². The molecule has 0 aliphatic heterocycles. The Kier molecular flexibility index (Phi) is 8.79. The van der Waals surface area contributed by atoms with Gasteiger partial charge in [-0.3, -0.25) is 4.55 Å². The summed E-state index contributed by atoms with van der Waals surface area (Å²) in [5.74, 6) is -1.65. The molecule has 7 nitrogen and oxygen atoms in total. The predicted molar refractivity (Wildman–Crippen MR) is 103 cm³/mol. The van der Waals surface area contributed by atoms with Crippen LogP contribution in [0.2, 0.25) is 0 Å². The van der Waals surface area contributed by atoms with E-state index >= 15 is 0 Å². The zero-order chi connectivity index (χ0) is 20.3. The summed E-state index contributed by atoms with van der Waals surface area (Å²) in [5, 5.41) is 0. The van der Waals surface area contributed by atoms with Crippen molar-refractivity contribution in [2.75, 3.05) is 13.2 Å². The first-order valence-electron chi connectivity index (χ1n) is 8.06. The molecule has 0 heterocycles. The average Bonchev–Trinajstić information content (AvgIpc) is 2.47. The molecule has 0 unspecified atom stereocenters. The first-order valence-corrected chi connectivity index (χ1v) is 9.50. The van der Waals surface area contributed by atoms with Crippen molar-refractivity contribution >= 4 is 40.9 Å². The van der Waals surface area contributed by atoms with Gasteiger partial charge in [0, 0.05) is 0 Å². The van der Waals surface area contributed by atoms with Gasteiger partial charge in [-0.25, -0.2) is 9.59 Å². The number of carbonyl (C=O) groups is 2. The van der Waals surface area contributed by atoms with E-state index in [-0.39, 0.29) is 54.0 Å². The topological polar surface area (TPSA) is 107 Å². The number of rotatable bonds is 5. The van der Waals surface area contributed by atoms with Gasteiger partial charge >= 0.3 is 30.8 Å². The Morgan fingerprint density at radius 1 is 0.926 bits per heavy atom. The molecule has 0 aliphatic rings. The van der Waals surface area contributed by atoms with Crippen molar-refractivity contribution in [3.05, 3.63) is 29.3 Å². The summed E-state index contributed by atoms with van der Waals surface area (Å²) in [5.41, 5.74) is -1.01. The third-order valence-electron chi connectivity index (χ3n) is 2.99. The number of esters is 2. The van der Waals surface area contributed by atoms with E-state index in [0.717, 1.165) is 12.1 Å². The molecule has 9 heteroatoms. The Morgan fingerprint density at radius 2 is 1.37 bits per heavy atom. The van der Waals surface area contributed by atoms with Gasteiger partial charge in [0.15, 0.2) is 0 Å². The quantitative estimate of drug-likeness (QED) is 0.465. The van der Waals surface area contributed by atoms with Crippen molar-refractivity contribution in [3.63, 3.8) is 0 Å². The third-order valence-corrected chi connectivity index (χ3v) is 3.88. The van der Waals surface area contributed by atoms with Crippen LogP contribution in [0.4, 0.5) is 0 Å². The van der Waals surface area contributed by atoms with Gasteiger partial charge in [0.1, 0.15) is 4.90 Å². The molecule has 0 aliphatic carbocycles. The molecule has 0 bridgehead atoms. The Bertz CT molecular complexity index is 787. The van der Waals surface area contributed by atoms with Gasteiger partial charge in [0.25, 0.3) is 10.1 Å². The maximum atomic E-state index is 12.2. The molecular weight excluding hydrogens is 367 g/mol. The van der Waals surface area contributed by atoms with Gasteiger partial charge < -0.3 is 9.47 Å². The van der Waals surface area contributed by atoms with Crippen LogP contribution in [0.1, 0.15) is 62.3 Å². The zero-order valence-corrected chi connectivity index (χ0v) is 16.8. The average molecular weight is 394 g/mol. The maximum absolute atomic E-state index is 12.2. The van der Waals surface area contributed by atoms with E-state index in [4.69, 9.17) is 9.47 Å². The number of carbonyl (C=O) groups excluding carboxylic acids is 2. The molecule has 0 saturated carbocycles. The van der Waals surface area contributed by atoms with E-state index in [0.29, 0.717) is 0 Å². The van der Waals surface area contributed by atoms with E-state index in [1.54, 1.807) is 0 Å². The van der Waals surface area contributed by atoms with E-state index < -0.39 is 27.0 Å². The van der Waals surface area contributed by atoms with Crippen LogP contribution >= 0.6 is 0 Å². The minimum absolute atomic E-state index is 0. The van der Waals surface area contributed by atoms with Crippen LogP contribution in [-0.4, -0.2) is 57.0 Å². The van der Waals surface area contributed by atoms with Crippen molar-refractivity contribution < 1.29 is 32.0 Å². The second-order valence-electron chi connectivity index (χ2n) is 8.46. The summed E-state index contributed by atoms with van der Waals surface area (Å²) in [7, 11) is -4.74. The normalized spacial score (nSPS) is 12.1. The Labute approximate surface area is 172 Å². The SMILES string of the molecule is CC(C)(C)COC(=O)c1ccc(C(=O)OCC(C)(C)C)c(S(=O)(=O)O)c1.[LiH]. The fourth-order valence-corrected chi connectivity index (χ4v) is 2.46. The predicted octanol–water partition coefficient (Wildman–Crippen LogP) is 2.69. The van der Waals surface area contributed by atoms with Crippen LogP contribution < -0.4 is 0 Å². The molecule has 148 valence electrons. The fraction of sp³-hybridized carbons (Fsp3) is 0.556. The summed E-state index contributed by atoms with van der Waals surface area (Å²) in [4.78, 5) is 23.6. The second-order valence-corrected chi connectivity index (χ2v) is 9.85. The molecule has 0 fully saturated rings. The van der Waals surface area contributed by atoms with Gasteiger partial charge in [-0.2, -0.15) is 8.42 Å². The molecule has 1 rings (SSSR count). The summed E-state index contributed by atoms with van der Waals surface area (Å²) in [6.45, 7) is 11.3. The number of hydrogen-bond acceptors (Lipinski definition) is 6. The van der Waals surface area contributed by atoms with Crippen LogP contribution in [0.3, 0.4) is 0 Å². The van der Waals surface area contributed by atoms with Crippen molar-refractivity contribution in [2.45, 2.75) is 46.4 Å². The first-order chi connectivity index (χ1) is 11.6. The molecule has 27 heavy (non-hydrogen) atoms. The second kappa shape index (κ2) is 9.24. The zero-order valence-electron chi connectivity index (χ0n) is 16.0. The molecule has 1 N–H and O–H groups in total. The molecule has 0 aromatic heterocycles. The number of benzene rings is 1. The Morgan fingerprint density at radius 3 is 1.78 bits per heavy atom. The summed E-state index contributed by atoms with van der Waals surface area (Å²) < 4.78 is 42.9. The molecule has 1 aromatic rings. The minimum atomic E-state index is -4.74. The van der Waals surface area contributed by atoms with Crippen molar-refractivity contribution in [2.24, 2.45) is 10.8 Å². The number of hydrogen-bond donors (Lipinski definition) is 1. The van der Waals surface area contributed by atoms with Crippen molar-refractivity contribution in [1.82, 2.24) is 0 Å². The molecular formula is C18H27LiO7S. The first kappa shape index (κ1) is 25.7. The molecule has 0 amide bonds. The molecule has 0 spiro atoms. The monoisotopic (exact) mass is 394 g/mol. The number of ether oxygens (including phenoxy) is 2. The van der Waals surface area contributed by atoms with Crippen LogP contribution in [-0.2, 0) is 19.6 Å². The van der Waals surface area contributed by atoms with Crippen LogP contribution in [0, 0.1) is 10.8 Å². The summed E-state index contributed by atoms with van der Waals surface area (Å²) >= 11 is 0. The van der Waals surface area contributed by atoms with Gasteiger partial charge in [-0.15, -0.1) is 0 Å². The van der Waals surface area contributed by atoms with E-state index in [1.165, 1.54) is 6.07 Å². The Hall–Kier alpha value is -1.33. The van der Waals surface area contributed by atoms with Crippen LogP contribution in [0.25, 0.3) is 0 Å². The molecule has 0 saturated heterocycles. The van der Waals surface area contributed by atoms with Crippen molar-refractivity contribution in [3.8, 4) is 0 Å². The standard InChI is InChI=1S/C18H26O7S.Li.H/c1-17(2,3)10-24-15(19)12-7-8-13(14(9-12)26(21,22)23)16(20)25-11-18(4,5)6;;/h7-9H,10-11H2,1-6H3,(H,21,22,23);;. The Balaban J connectivity index is 0.00000676.